The van der Waals surface area contributed by atoms with Crippen molar-refractivity contribution in [2.75, 3.05) is 5.32 Å². The second-order valence-corrected chi connectivity index (χ2v) is 5.85. The molecule has 0 saturated carbocycles. The van der Waals surface area contributed by atoms with E-state index in [-0.39, 0.29) is 0 Å². The van der Waals surface area contributed by atoms with Gasteiger partial charge in [0.2, 0.25) is 0 Å². The number of fused-ring (bicyclic) bond motifs is 1. The summed E-state index contributed by atoms with van der Waals surface area (Å²) in [6.07, 6.45) is 1.68. The van der Waals surface area contributed by atoms with Crippen LogP contribution in [0.3, 0.4) is 0 Å². The maximum atomic E-state index is 12.5. The van der Waals surface area contributed by atoms with Crippen molar-refractivity contribution in [3.8, 4) is 0 Å². The predicted molar refractivity (Wildman–Crippen MR) is 92.1 cm³/mol. The van der Waals surface area contributed by atoms with Crippen LogP contribution in [0, 0.1) is 6.92 Å². The Bertz CT molecular complexity index is 928. The van der Waals surface area contributed by atoms with Gasteiger partial charge in [-0.2, -0.15) is 0 Å². The van der Waals surface area contributed by atoms with Crippen molar-refractivity contribution in [2.24, 2.45) is 7.05 Å². The first-order valence-electron chi connectivity index (χ1n) is 7.13. The minimum Gasteiger partial charge on any atom is -0.350 e. The highest BCUT2D eigenvalue weighted by atomic mass is 35.5. The van der Waals surface area contributed by atoms with E-state index in [1.807, 2.05) is 42.8 Å². The van der Waals surface area contributed by atoms with E-state index >= 15 is 0 Å². The van der Waals surface area contributed by atoms with Gasteiger partial charge in [0.1, 0.15) is 0 Å². The first kappa shape index (κ1) is 15.3. The van der Waals surface area contributed by atoms with E-state index in [0.29, 0.717) is 16.3 Å². The van der Waals surface area contributed by atoms with Gasteiger partial charge in [-0.05, 0) is 36.8 Å². The van der Waals surface area contributed by atoms with Gasteiger partial charge in [-0.15, -0.1) is 0 Å². The van der Waals surface area contributed by atoms with Gasteiger partial charge >= 0.3 is 0 Å². The molecule has 0 saturated heterocycles. The first-order chi connectivity index (χ1) is 11.0. The van der Waals surface area contributed by atoms with Gasteiger partial charge < -0.3 is 9.88 Å². The molecular formula is C18H15ClN2O2. The summed E-state index contributed by atoms with van der Waals surface area (Å²) in [7, 11) is 1.85. The lowest BCUT2D eigenvalue weighted by atomic mass is 10.1. The SMILES string of the molecule is Cc1cc(Cl)ccc1NC(=O)C(=O)c1cn(C)c2ccccc12. The van der Waals surface area contributed by atoms with Gasteiger partial charge in [-0.25, -0.2) is 0 Å². The summed E-state index contributed by atoms with van der Waals surface area (Å²) in [6.45, 7) is 1.82. The summed E-state index contributed by atoms with van der Waals surface area (Å²) in [4.78, 5) is 24.8. The smallest absolute Gasteiger partial charge is 0.296 e. The molecule has 1 aromatic heterocycles. The molecule has 2 aromatic carbocycles. The van der Waals surface area contributed by atoms with Crippen molar-refractivity contribution in [3.63, 3.8) is 0 Å². The fourth-order valence-electron chi connectivity index (χ4n) is 2.59. The van der Waals surface area contributed by atoms with E-state index < -0.39 is 11.7 Å². The van der Waals surface area contributed by atoms with Crippen LogP contribution in [0.4, 0.5) is 5.69 Å². The highest BCUT2D eigenvalue weighted by Crippen LogP contribution is 2.23. The van der Waals surface area contributed by atoms with E-state index in [1.54, 1.807) is 24.4 Å². The minimum atomic E-state index is -0.660. The van der Waals surface area contributed by atoms with Crippen LogP contribution in [0.5, 0.6) is 0 Å². The quantitative estimate of drug-likeness (QED) is 0.585. The van der Waals surface area contributed by atoms with Gasteiger partial charge in [0.25, 0.3) is 11.7 Å². The zero-order valence-corrected chi connectivity index (χ0v) is 13.5. The number of amides is 1. The van der Waals surface area contributed by atoms with E-state index in [0.717, 1.165) is 16.5 Å². The average Bonchev–Trinajstić information content (AvgIpc) is 2.87. The molecule has 0 radical (unpaired) electrons. The molecule has 0 aliphatic carbocycles. The Morgan fingerprint density at radius 2 is 1.87 bits per heavy atom. The summed E-state index contributed by atoms with van der Waals surface area (Å²) in [5.74, 6) is -1.22. The average molecular weight is 327 g/mol. The van der Waals surface area contributed by atoms with Crippen LogP contribution in [0.15, 0.2) is 48.7 Å². The maximum Gasteiger partial charge on any atom is 0.296 e. The Balaban J connectivity index is 1.91. The number of ketones is 1. The molecule has 0 aliphatic heterocycles. The lowest BCUT2D eigenvalue weighted by molar-refractivity contribution is -0.112. The molecule has 3 rings (SSSR count). The highest BCUT2D eigenvalue weighted by molar-refractivity contribution is 6.48. The second-order valence-electron chi connectivity index (χ2n) is 5.41. The molecular weight excluding hydrogens is 312 g/mol. The van der Waals surface area contributed by atoms with Crippen molar-refractivity contribution in [1.82, 2.24) is 4.57 Å². The lowest BCUT2D eigenvalue weighted by Crippen LogP contribution is -2.23. The number of carbonyl (C=O) groups is 2. The third-order valence-corrected chi connectivity index (χ3v) is 4.02. The topological polar surface area (TPSA) is 51.1 Å². The number of nitrogens with one attached hydrogen (secondary N) is 1. The molecule has 1 heterocycles. The molecule has 0 unspecified atom stereocenters. The van der Waals surface area contributed by atoms with Gasteiger partial charge in [0.05, 0.1) is 5.56 Å². The normalized spacial score (nSPS) is 10.7. The Kier molecular flexibility index (Phi) is 3.92. The van der Waals surface area contributed by atoms with E-state index in [2.05, 4.69) is 5.32 Å². The standard InChI is InChI=1S/C18H15ClN2O2/c1-11-9-12(19)7-8-15(11)20-18(23)17(22)14-10-21(2)16-6-4-3-5-13(14)16/h3-10H,1-2H3,(H,20,23). The molecule has 0 fully saturated rings. The molecule has 1 amide bonds. The maximum absolute atomic E-state index is 12.5. The van der Waals surface area contributed by atoms with Crippen LogP contribution in [0.1, 0.15) is 15.9 Å². The number of carbonyl (C=O) groups excluding carboxylic acids is 2. The van der Waals surface area contributed by atoms with Gasteiger partial charge in [-0.1, -0.05) is 29.8 Å². The number of halogens is 1. The van der Waals surface area contributed by atoms with Crippen molar-refractivity contribution < 1.29 is 9.59 Å². The highest BCUT2D eigenvalue weighted by Gasteiger charge is 2.21. The van der Waals surface area contributed by atoms with Gasteiger partial charge in [0, 0.05) is 34.9 Å². The number of aryl methyl sites for hydroxylation is 2. The summed E-state index contributed by atoms with van der Waals surface area (Å²) in [5.41, 5.74) is 2.68. The largest absolute Gasteiger partial charge is 0.350 e. The first-order valence-corrected chi connectivity index (χ1v) is 7.51. The van der Waals surface area contributed by atoms with Crippen LogP contribution in [0.25, 0.3) is 10.9 Å². The number of hydrogen-bond acceptors (Lipinski definition) is 2. The number of benzene rings is 2. The van der Waals surface area contributed by atoms with Crippen LogP contribution in [0.2, 0.25) is 5.02 Å². The van der Waals surface area contributed by atoms with Gasteiger partial charge in [-0.3, -0.25) is 9.59 Å². The van der Waals surface area contributed by atoms with E-state index in [1.165, 1.54) is 0 Å². The number of anilines is 1. The number of nitrogens with zero attached hydrogens (tertiary/aromatic N) is 1. The summed E-state index contributed by atoms with van der Waals surface area (Å²) < 4.78 is 1.84. The molecule has 1 N–H and O–H groups in total. The predicted octanol–water partition coefficient (Wildman–Crippen LogP) is 3.96. The zero-order valence-electron chi connectivity index (χ0n) is 12.8. The summed E-state index contributed by atoms with van der Waals surface area (Å²) in [5, 5.41) is 4.00. The molecule has 0 bridgehead atoms. The fourth-order valence-corrected chi connectivity index (χ4v) is 2.82. The Hall–Kier alpha value is -2.59. The van der Waals surface area contributed by atoms with Crippen LogP contribution in [-0.2, 0) is 11.8 Å². The number of hydrogen-bond donors (Lipinski definition) is 1. The number of Topliss-reactive ketones (excluding diaryl/α,β-unsaturated/α-hetero) is 1. The lowest BCUT2D eigenvalue weighted by Gasteiger charge is -2.07. The molecule has 23 heavy (non-hydrogen) atoms. The van der Waals surface area contributed by atoms with Crippen molar-refractivity contribution >= 4 is 39.9 Å². The number of aromatic nitrogens is 1. The Morgan fingerprint density at radius 1 is 1.13 bits per heavy atom. The Labute approximate surface area is 138 Å². The van der Waals surface area contributed by atoms with Gasteiger partial charge in [0.15, 0.2) is 0 Å². The molecule has 0 spiro atoms. The summed E-state index contributed by atoms with van der Waals surface area (Å²) in [6, 6.07) is 12.6. The third kappa shape index (κ3) is 2.85. The fraction of sp³-hybridized carbons (Fsp3) is 0.111. The number of para-hydroxylation sites is 1. The van der Waals surface area contributed by atoms with Crippen LogP contribution < -0.4 is 5.32 Å². The molecule has 116 valence electrons. The van der Waals surface area contributed by atoms with E-state index in [4.69, 9.17) is 11.6 Å². The molecule has 3 aromatic rings. The van der Waals surface area contributed by atoms with Crippen molar-refractivity contribution in [3.05, 3.63) is 64.8 Å². The molecule has 4 nitrogen and oxygen atoms in total. The molecule has 0 atom stereocenters. The molecule has 5 heteroatoms. The third-order valence-electron chi connectivity index (χ3n) is 3.78. The zero-order chi connectivity index (χ0) is 16.6. The van der Waals surface area contributed by atoms with Crippen LogP contribution in [-0.4, -0.2) is 16.3 Å². The Morgan fingerprint density at radius 3 is 2.61 bits per heavy atom. The monoisotopic (exact) mass is 326 g/mol. The van der Waals surface area contributed by atoms with Crippen molar-refractivity contribution in [1.29, 1.82) is 0 Å². The van der Waals surface area contributed by atoms with E-state index in [9.17, 15) is 9.59 Å². The minimum absolute atomic E-state index is 0.396. The number of rotatable bonds is 3. The second kappa shape index (κ2) is 5.89. The summed E-state index contributed by atoms with van der Waals surface area (Å²) >= 11 is 5.90. The van der Waals surface area contributed by atoms with Crippen LogP contribution >= 0.6 is 11.6 Å². The van der Waals surface area contributed by atoms with Crippen molar-refractivity contribution in [2.45, 2.75) is 6.92 Å². The molecule has 0 aliphatic rings.